The van der Waals surface area contributed by atoms with Crippen molar-refractivity contribution in [2.24, 2.45) is 0 Å². The average molecular weight is 406 g/mol. The summed E-state index contributed by atoms with van der Waals surface area (Å²) in [7, 11) is 0. The zero-order chi connectivity index (χ0) is 19.6. The van der Waals surface area contributed by atoms with Crippen molar-refractivity contribution in [3.05, 3.63) is 55.7 Å². The minimum atomic E-state index is -0.450. The van der Waals surface area contributed by atoms with Crippen LogP contribution in [0.3, 0.4) is 0 Å². The first-order chi connectivity index (χ1) is 13.0. The third kappa shape index (κ3) is 3.90. The van der Waals surface area contributed by atoms with Crippen LogP contribution in [0.5, 0.6) is 0 Å². The van der Waals surface area contributed by atoms with Crippen LogP contribution >= 0.6 is 22.9 Å². The van der Waals surface area contributed by atoms with Crippen molar-refractivity contribution < 1.29 is 4.92 Å². The van der Waals surface area contributed by atoms with E-state index in [2.05, 4.69) is 24.1 Å². The third-order valence-electron chi connectivity index (χ3n) is 4.60. The summed E-state index contributed by atoms with van der Waals surface area (Å²) in [5.41, 5.74) is 0.341. The van der Waals surface area contributed by atoms with Gasteiger partial charge in [0.15, 0.2) is 5.43 Å². The maximum atomic E-state index is 13.1. The van der Waals surface area contributed by atoms with Crippen LogP contribution in [-0.2, 0) is 0 Å². The lowest BCUT2D eigenvalue weighted by Gasteiger charge is -2.19. The Bertz CT molecular complexity index is 1060. The molecule has 1 aromatic heterocycles. The predicted molar refractivity (Wildman–Crippen MR) is 114 cm³/mol. The zero-order valence-electron chi connectivity index (χ0n) is 15.1. The van der Waals surface area contributed by atoms with Gasteiger partial charge in [-0.3, -0.25) is 14.9 Å². The number of halogens is 1. The van der Waals surface area contributed by atoms with Crippen LogP contribution in [0.25, 0.3) is 20.2 Å². The number of non-ortho nitro benzene ring substituents is 1. The smallest absolute Gasteiger partial charge is 0.287 e. The van der Waals surface area contributed by atoms with E-state index in [9.17, 15) is 14.9 Å². The normalized spacial score (nSPS) is 11.4. The van der Waals surface area contributed by atoms with Gasteiger partial charge in [0.05, 0.1) is 10.3 Å². The molecule has 0 atom stereocenters. The maximum Gasteiger partial charge on any atom is 0.287 e. The van der Waals surface area contributed by atoms with E-state index in [-0.39, 0.29) is 11.1 Å². The van der Waals surface area contributed by atoms with Gasteiger partial charge in [-0.1, -0.05) is 25.4 Å². The Balaban J connectivity index is 2.15. The highest BCUT2D eigenvalue weighted by molar-refractivity contribution is 7.25. The van der Waals surface area contributed by atoms with E-state index in [4.69, 9.17) is 11.6 Å². The molecule has 1 heterocycles. The lowest BCUT2D eigenvalue weighted by molar-refractivity contribution is -0.382. The van der Waals surface area contributed by atoms with Crippen molar-refractivity contribution in [3.8, 4) is 0 Å². The molecule has 0 radical (unpaired) electrons. The van der Waals surface area contributed by atoms with E-state index >= 15 is 0 Å². The van der Waals surface area contributed by atoms with Gasteiger partial charge in [0.2, 0.25) is 0 Å². The first-order valence-electron chi connectivity index (χ1n) is 8.76. The van der Waals surface area contributed by atoms with Gasteiger partial charge in [-0.15, -0.1) is 11.3 Å². The minimum Gasteiger partial charge on any atom is -0.383 e. The van der Waals surface area contributed by atoms with Crippen molar-refractivity contribution in [2.75, 3.05) is 31.5 Å². The fraction of sp³-hybridized carbons (Fsp3) is 0.316. The standard InChI is InChI=1S/C19H20ClN3O3S/c1-3-22(4-2)10-9-21-14-7-8-15(23(25)26)19-17(14)18(24)13-6-5-12(20)11-16(13)27-19/h5-8,11,21H,3-4,9-10H2,1-2H3. The summed E-state index contributed by atoms with van der Waals surface area (Å²) in [6, 6.07) is 8.09. The highest BCUT2D eigenvalue weighted by Gasteiger charge is 2.19. The van der Waals surface area contributed by atoms with E-state index in [0.717, 1.165) is 19.6 Å². The van der Waals surface area contributed by atoms with E-state index < -0.39 is 4.92 Å². The number of hydrogen-bond donors (Lipinski definition) is 1. The topological polar surface area (TPSA) is 75.5 Å². The Morgan fingerprint density at radius 2 is 1.96 bits per heavy atom. The van der Waals surface area contributed by atoms with E-state index in [1.807, 2.05) is 0 Å². The summed E-state index contributed by atoms with van der Waals surface area (Å²) in [4.78, 5) is 26.4. The Labute approximate surface area is 165 Å². The lowest BCUT2D eigenvalue weighted by Crippen LogP contribution is -2.28. The Hall–Kier alpha value is -2.22. The summed E-state index contributed by atoms with van der Waals surface area (Å²) in [6.45, 7) is 7.56. The second-order valence-electron chi connectivity index (χ2n) is 6.12. The lowest BCUT2D eigenvalue weighted by atomic mass is 10.1. The fourth-order valence-electron chi connectivity index (χ4n) is 3.09. The number of nitro groups is 1. The summed E-state index contributed by atoms with van der Waals surface area (Å²) < 4.78 is 1.01. The van der Waals surface area contributed by atoms with E-state index in [0.29, 0.717) is 37.4 Å². The number of rotatable bonds is 7. The zero-order valence-corrected chi connectivity index (χ0v) is 16.7. The predicted octanol–water partition coefficient (Wildman–Crippen LogP) is 4.73. The molecule has 0 amide bonds. The minimum absolute atomic E-state index is 0.0664. The van der Waals surface area contributed by atoms with E-state index in [1.54, 1.807) is 24.3 Å². The van der Waals surface area contributed by atoms with Gasteiger partial charge in [-0.05, 0) is 37.4 Å². The largest absolute Gasteiger partial charge is 0.383 e. The first-order valence-corrected chi connectivity index (χ1v) is 9.95. The molecule has 0 fully saturated rings. The molecule has 0 aliphatic heterocycles. The average Bonchev–Trinajstić information content (AvgIpc) is 2.64. The van der Waals surface area contributed by atoms with Crippen molar-refractivity contribution in [3.63, 3.8) is 0 Å². The second-order valence-corrected chi connectivity index (χ2v) is 7.61. The first kappa shape index (κ1) is 19.5. The quantitative estimate of drug-likeness (QED) is 0.349. The van der Waals surface area contributed by atoms with Gasteiger partial charge < -0.3 is 10.2 Å². The summed E-state index contributed by atoms with van der Waals surface area (Å²) in [6.07, 6.45) is 0. The molecule has 0 bridgehead atoms. The summed E-state index contributed by atoms with van der Waals surface area (Å²) in [5.74, 6) is 0. The Morgan fingerprint density at radius 1 is 1.22 bits per heavy atom. The van der Waals surface area contributed by atoms with Gasteiger partial charge >= 0.3 is 0 Å². The van der Waals surface area contributed by atoms with Crippen LogP contribution < -0.4 is 10.7 Å². The molecule has 8 heteroatoms. The highest BCUT2D eigenvalue weighted by atomic mass is 35.5. The molecular formula is C19H20ClN3O3S. The number of benzene rings is 2. The second kappa shape index (κ2) is 8.21. The molecule has 142 valence electrons. The monoisotopic (exact) mass is 405 g/mol. The Morgan fingerprint density at radius 3 is 2.63 bits per heavy atom. The van der Waals surface area contributed by atoms with E-state index in [1.165, 1.54) is 17.4 Å². The number of likely N-dealkylation sites (N-methyl/N-ethyl adjacent to an activating group) is 1. The van der Waals surface area contributed by atoms with Crippen molar-refractivity contribution >= 4 is 54.5 Å². The van der Waals surface area contributed by atoms with Gasteiger partial charge in [0, 0.05) is 40.0 Å². The molecule has 0 aliphatic rings. The molecule has 0 unspecified atom stereocenters. The molecule has 6 nitrogen and oxygen atoms in total. The fourth-order valence-corrected chi connectivity index (χ4v) is 4.56. The molecule has 0 spiro atoms. The number of nitro benzene ring substituents is 1. The highest BCUT2D eigenvalue weighted by Crippen LogP contribution is 2.36. The molecule has 0 saturated carbocycles. The SMILES string of the molecule is CCN(CC)CCNc1ccc([N+](=O)[O-])c2sc3cc(Cl)ccc3c(=O)c12. The number of nitrogens with one attached hydrogen (secondary N) is 1. The molecule has 2 aromatic carbocycles. The summed E-state index contributed by atoms with van der Waals surface area (Å²) >= 11 is 7.26. The molecule has 3 rings (SSSR count). The number of nitrogens with zero attached hydrogens (tertiary/aromatic N) is 2. The van der Waals surface area contributed by atoms with Crippen LogP contribution in [-0.4, -0.2) is 36.0 Å². The summed E-state index contributed by atoms with van der Waals surface area (Å²) in [5, 5.41) is 16.1. The van der Waals surface area contributed by atoms with Gasteiger partial charge in [-0.2, -0.15) is 0 Å². The van der Waals surface area contributed by atoms with Crippen LogP contribution in [0.15, 0.2) is 35.1 Å². The van der Waals surface area contributed by atoms with Crippen LogP contribution in [0.2, 0.25) is 5.02 Å². The van der Waals surface area contributed by atoms with Crippen molar-refractivity contribution in [2.45, 2.75) is 13.8 Å². The molecule has 0 saturated heterocycles. The third-order valence-corrected chi connectivity index (χ3v) is 6.01. The van der Waals surface area contributed by atoms with Gasteiger partial charge in [0.25, 0.3) is 5.69 Å². The molecular weight excluding hydrogens is 386 g/mol. The van der Waals surface area contributed by atoms with Crippen LogP contribution in [0.1, 0.15) is 13.8 Å². The Kier molecular flexibility index (Phi) is 5.94. The molecule has 3 aromatic rings. The van der Waals surface area contributed by atoms with Crippen molar-refractivity contribution in [1.82, 2.24) is 4.90 Å². The van der Waals surface area contributed by atoms with Crippen LogP contribution in [0, 0.1) is 10.1 Å². The number of fused-ring (bicyclic) bond motifs is 2. The number of hydrogen-bond acceptors (Lipinski definition) is 6. The maximum absolute atomic E-state index is 13.1. The molecule has 0 aliphatic carbocycles. The van der Waals surface area contributed by atoms with Crippen LogP contribution in [0.4, 0.5) is 11.4 Å². The van der Waals surface area contributed by atoms with Crippen molar-refractivity contribution in [1.29, 1.82) is 0 Å². The molecule has 27 heavy (non-hydrogen) atoms. The number of anilines is 1. The molecule has 1 N–H and O–H groups in total. The van der Waals surface area contributed by atoms with Gasteiger partial charge in [-0.25, -0.2) is 0 Å². The van der Waals surface area contributed by atoms with Gasteiger partial charge in [0.1, 0.15) is 4.70 Å².